The molecule has 2 aliphatic carbocycles. The van der Waals surface area contributed by atoms with E-state index in [1.54, 1.807) is 4.90 Å². The van der Waals surface area contributed by atoms with Gasteiger partial charge in [0, 0.05) is 13.1 Å². The second kappa shape index (κ2) is 6.66. The van der Waals surface area contributed by atoms with Gasteiger partial charge in [-0.1, -0.05) is 36.5 Å². The van der Waals surface area contributed by atoms with Crippen LogP contribution < -0.4 is 5.32 Å². The van der Waals surface area contributed by atoms with E-state index >= 15 is 0 Å². The van der Waals surface area contributed by atoms with Crippen LogP contribution in [0.5, 0.6) is 0 Å². The number of nitrogens with one attached hydrogen (secondary N) is 2. The predicted molar refractivity (Wildman–Crippen MR) is 91.5 cm³/mol. The number of hydrogen-bond acceptors (Lipinski definition) is 4. The van der Waals surface area contributed by atoms with E-state index in [4.69, 9.17) is 0 Å². The monoisotopic (exact) mass is 339 g/mol. The van der Waals surface area contributed by atoms with Crippen molar-refractivity contribution in [2.24, 2.45) is 5.92 Å². The number of allylic oxidation sites excluding steroid dienone is 4. The van der Waals surface area contributed by atoms with Gasteiger partial charge < -0.3 is 10.2 Å². The molecule has 0 saturated carbocycles. The highest BCUT2D eigenvalue weighted by atomic mass is 16.2. The van der Waals surface area contributed by atoms with Gasteiger partial charge >= 0.3 is 0 Å². The molecule has 7 heteroatoms. The Morgan fingerprint density at radius 3 is 2.64 bits per heavy atom. The summed E-state index contributed by atoms with van der Waals surface area (Å²) in [5, 5.41) is 13.9. The number of aromatic amines is 1. The Morgan fingerprint density at radius 2 is 1.88 bits per heavy atom. The fraction of sp³-hybridized carbons (Fsp3) is 0.444. The Balaban J connectivity index is 1.30. The molecule has 7 nitrogen and oxygen atoms in total. The van der Waals surface area contributed by atoms with Gasteiger partial charge in [0.2, 0.25) is 11.8 Å². The molecule has 0 spiro atoms. The van der Waals surface area contributed by atoms with Crippen molar-refractivity contribution >= 4 is 11.8 Å². The second-order valence-electron chi connectivity index (χ2n) is 6.73. The zero-order chi connectivity index (χ0) is 17.2. The number of rotatable bonds is 3. The molecule has 2 N–H and O–H groups in total. The van der Waals surface area contributed by atoms with Crippen LogP contribution >= 0.6 is 0 Å². The summed E-state index contributed by atoms with van der Waals surface area (Å²) >= 11 is 0. The van der Waals surface area contributed by atoms with Gasteiger partial charge in [0.05, 0.1) is 29.3 Å². The molecule has 25 heavy (non-hydrogen) atoms. The first-order chi connectivity index (χ1) is 12.2. The van der Waals surface area contributed by atoms with Crippen LogP contribution in [0.4, 0.5) is 0 Å². The number of nitrogens with zero attached hydrogens (tertiary/aromatic N) is 3. The zero-order valence-corrected chi connectivity index (χ0v) is 13.9. The average molecular weight is 339 g/mol. The first-order valence-electron chi connectivity index (χ1n) is 8.73. The molecule has 1 atom stereocenters. The Morgan fingerprint density at radius 1 is 1.12 bits per heavy atom. The number of H-pyrrole nitrogens is 1. The van der Waals surface area contributed by atoms with E-state index in [0.717, 1.165) is 30.7 Å². The number of aromatic nitrogens is 3. The Hall–Kier alpha value is -2.70. The number of fused-ring (bicyclic) bond motifs is 1. The minimum atomic E-state index is -0.231. The molecule has 1 unspecified atom stereocenters. The smallest absolute Gasteiger partial charge is 0.233 e. The molecular weight excluding hydrogens is 318 g/mol. The minimum absolute atomic E-state index is 0.00888. The van der Waals surface area contributed by atoms with Crippen LogP contribution in [0.1, 0.15) is 30.1 Å². The normalized spacial score (nSPS) is 23.0. The Kier molecular flexibility index (Phi) is 4.21. The predicted octanol–water partition coefficient (Wildman–Crippen LogP) is 0.850. The Bertz CT molecular complexity index is 741. The summed E-state index contributed by atoms with van der Waals surface area (Å²) in [6, 6.07) is 0.0191. The number of hydrogen-bond donors (Lipinski definition) is 2. The van der Waals surface area contributed by atoms with Crippen molar-refractivity contribution in [1.82, 2.24) is 25.6 Å². The van der Waals surface area contributed by atoms with Crippen molar-refractivity contribution in [2.45, 2.75) is 31.2 Å². The maximum absolute atomic E-state index is 12.6. The molecule has 1 aromatic rings. The highest BCUT2D eigenvalue weighted by Gasteiger charge is 2.36. The lowest BCUT2D eigenvalue weighted by Gasteiger charge is -2.41. The van der Waals surface area contributed by atoms with Gasteiger partial charge in [0.25, 0.3) is 0 Å². The van der Waals surface area contributed by atoms with E-state index in [0.29, 0.717) is 13.1 Å². The third-order valence-corrected chi connectivity index (χ3v) is 5.00. The van der Waals surface area contributed by atoms with E-state index in [9.17, 15) is 9.59 Å². The van der Waals surface area contributed by atoms with Crippen molar-refractivity contribution in [3.05, 3.63) is 47.8 Å². The molecule has 3 aliphatic rings. The van der Waals surface area contributed by atoms with Crippen LogP contribution in [0.3, 0.4) is 0 Å². The van der Waals surface area contributed by atoms with Crippen molar-refractivity contribution in [3.8, 4) is 0 Å². The van der Waals surface area contributed by atoms with E-state index in [1.165, 1.54) is 0 Å². The van der Waals surface area contributed by atoms with Gasteiger partial charge in [-0.15, -0.1) is 0 Å². The van der Waals surface area contributed by atoms with Crippen molar-refractivity contribution in [2.75, 3.05) is 13.1 Å². The summed E-state index contributed by atoms with van der Waals surface area (Å²) in [5.41, 5.74) is 1.68. The molecule has 1 fully saturated rings. The molecule has 4 rings (SSSR count). The minimum Gasteiger partial charge on any atom is -0.349 e. The molecule has 1 saturated heterocycles. The van der Waals surface area contributed by atoms with Crippen molar-refractivity contribution in [1.29, 1.82) is 0 Å². The molecule has 0 aromatic carbocycles. The highest BCUT2D eigenvalue weighted by Crippen LogP contribution is 2.29. The van der Waals surface area contributed by atoms with E-state index < -0.39 is 0 Å². The van der Waals surface area contributed by atoms with Gasteiger partial charge in [0.1, 0.15) is 0 Å². The maximum Gasteiger partial charge on any atom is 0.233 e. The van der Waals surface area contributed by atoms with E-state index in [2.05, 4.69) is 20.7 Å². The summed E-state index contributed by atoms with van der Waals surface area (Å²) in [4.78, 5) is 26.8. The number of amides is 2. The molecule has 0 radical (unpaired) electrons. The molecular formula is C18H21N5O2. The van der Waals surface area contributed by atoms with Gasteiger partial charge in [-0.25, -0.2) is 0 Å². The lowest BCUT2D eigenvalue weighted by molar-refractivity contribution is -0.139. The van der Waals surface area contributed by atoms with Crippen LogP contribution in [0.2, 0.25) is 0 Å². The zero-order valence-electron chi connectivity index (χ0n) is 13.9. The van der Waals surface area contributed by atoms with Gasteiger partial charge in [0.15, 0.2) is 0 Å². The first-order valence-corrected chi connectivity index (χ1v) is 8.73. The van der Waals surface area contributed by atoms with Crippen LogP contribution in [0, 0.1) is 5.92 Å². The number of carbonyl (C=O) groups is 2. The lowest BCUT2D eigenvalue weighted by Crippen LogP contribution is -2.62. The lowest BCUT2D eigenvalue weighted by atomic mass is 9.88. The summed E-state index contributed by atoms with van der Waals surface area (Å²) in [5.74, 6) is -0.378. The fourth-order valence-corrected chi connectivity index (χ4v) is 3.58. The standard InChI is InChI=1S/C18H21N5O2/c24-17(14-8-5-9-15-16(14)21-22-20-15)19-13-10-23(11-13)18(25)12-6-3-1-2-4-7-12/h1-4,6-7,12-14H,5,8-11H2,(H,19,24)(H,20,21,22). The molecule has 2 heterocycles. The van der Waals surface area contributed by atoms with Crippen LogP contribution in [-0.2, 0) is 16.0 Å². The van der Waals surface area contributed by atoms with Crippen LogP contribution in [-0.4, -0.2) is 51.3 Å². The van der Waals surface area contributed by atoms with Gasteiger partial charge in [-0.05, 0) is 19.3 Å². The molecule has 1 aliphatic heterocycles. The number of carbonyl (C=O) groups excluding carboxylic acids is 2. The Labute approximate surface area is 145 Å². The molecule has 1 aromatic heterocycles. The first kappa shape index (κ1) is 15.8. The van der Waals surface area contributed by atoms with E-state index in [1.807, 2.05) is 36.5 Å². The SMILES string of the molecule is O=C(NC1CN(C(=O)C2C=CC=CC=C2)C1)C1CCCc2n[nH]nc21. The quantitative estimate of drug-likeness (QED) is 0.854. The number of aryl methyl sites for hydroxylation is 1. The third-order valence-electron chi connectivity index (χ3n) is 5.00. The van der Waals surface area contributed by atoms with Crippen molar-refractivity contribution < 1.29 is 9.59 Å². The summed E-state index contributed by atoms with van der Waals surface area (Å²) in [7, 11) is 0. The largest absolute Gasteiger partial charge is 0.349 e. The second-order valence-corrected chi connectivity index (χ2v) is 6.73. The topological polar surface area (TPSA) is 91.0 Å². The average Bonchev–Trinajstić information content (AvgIpc) is 2.90. The van der Waals surface area contributed by atoms with Crippen LogP contribution in [0.15, 0.2) is 36.5 Å². The molecule has 2 amide bonds. The third kappa shape index (κ3) is 3.14. The number of likely N-dealkylation sites (tertiary alicyclic amines) is 1. The van der Waals surface area contributed by atoms with Crippen LogP contribution in [0.25, 0.3) is 0 Å². The van der Waals surface area contributed by atoms with Crippen molar-refractivity contribution in [3.63, 3.8) is 0 Å². The highest BCUT2D eigenvalue weighted by molar-refractivity contribution is 5.86. The summed E-state index contributed by atoms with van der Waals surface area (Å²) < 4.78 is 0. The molecule has 130 valence electrons. The van der Waals surface area contributed by atoms with Gasteiger partial charge in [-0.2, -0.15) is 15.4 Å². The van der Waals surface area contributed by atoms with E-state index in [-0.39, 0.29) is 29.7 Å². The maximum atomic E-state index is 12.6. The van der Waals surface area contributed by atoms with Gasteiger partial charge in [-0.3, -0.25) is 9.59 Å². The fourth-order valence-electron chi connectivity index (χ4n) is 3.58. The molecule has 0 bridgehead atoms. The summed E-state index contributed by atoms with van der Waals surface area (Å²) in [6.07, 6.45) is 14.0. The summed E-state index contributed by atoms with van der Waals surface area (Å²) in [6.45, 7) is 1.13.